The van der Waals surface area contributed by atoms with Crippen molar-refractivity contribution in [3.8, 4) is 22.3 Å². The third-order valence-corrected chi connectivity index (χ3v) is 8.46. The first kappa shape index (κ1) is 25.1. The normalized spacial score (nSPS) is 19.5. The van der Waals surface area contributed by atoms with Crippen LogP contribution >= 0.6 is 0 Å². The number of nitrogen functional groups attached to an aromatic ring is 1. The smallest absolute Gasteiger partial charge is 0.250 e. The zero-order valence-corrected chi connectivity index (χ0v) is 22.9. The minimum absolute atomic E-state index is 0.0133. The maximum Gasteiger partial charge on any atom is 0.250 e. The topological polar surface area (TPSA) is 90.0 Å². The lowest BCUT2D eigenvalue weighted by atomic mass is 9.88. The third kappa shape index (κ3) is 4.54. The summed E-state index contributed by atoms with van der Waals surface area (Å²) in [4.78, 5) is 28.2. The van der Waals surface area contributed by atoms with Crippen LogP contribution in [0.25, 0.3) is 22.3 Å². The molecule has 2 aromatic carbocycles. The number of benzene rings is 2. The van der Waals surface area contributed by atoms with Gasteiger partial charge >= 0.3 is 0 Å². The Kier molecular flexibility index (Phi) is 6.13. The first-order valence-corrected chi connectivity index (χ1v) is 13.6. The number of nitrogens with two attached hydrogens (primary N) is 1. The molecule has 1 fully saturated rings. The van der Waals surface area contributed by atoms with Crippen LogP contribution in [-0.4, -0.2) is 15.3 Å². The Bertz CT molecular complexity index is 1650. The molecule has 39 heavy (non-hydrogen) atoms. The van der Waals surface area contributed by atoms with E-state index in [9.17, 15) is 9.59 Å². The number of fused-ring (bicyclic) bond motifs is 1. The van der Waals surface area contributed by atoms with E-state index in [4.69, 9.17) is 5.73 Å². The van der Waals surface area contributed by atoms with Crippen molar-refractivity contribution < 1.29 is 4.79 Å². The summed E-state index contributed by atoms with van der Waals surface area (Å²) < 4.78 is 1.62. The largest absolute Gasteiger partial charge is 0.398 e. The number of carbonyl (C=O) groups excluding carboxylic acids is 1. The van der Waals surface area contributed by atoms with E-state index in [1.165, 1.54) is 33.4 Å². The van der Waals surface area contributed by atoms with Gasteiger partial charge in [0.1, 0.15) is 5.78 Å². The molecule has 2 aliphatic rings. The molecular weight excluding hydrogens is 484 g/mol. The predicted octanol–water partition coefficient (Wildman–Crippen LogP) is 6.11. The van der Waals surface area contributed by atoms with Crippen LogP contribution in [0.3, 0.4) is 0 Å². The molecule has 0 unspecified atom stereocenters. The standard InChI is InChI=1S/C33H34N4O2/c1-18-13-22(21-5-12-31(39)37(4)17-21)14-19(2)32(18)24-7-9-28(34)33-25(24)8-11-30(33)36-23-6-10-29(35-16-23)27-15-26(27)20(3)38/h5-7,9-10,12-14,16-17,26-27,30,36H,8,11,15,34H2,1-4H3/t26-,27+,30-/m1/s1. The molecular formula is C33H34N4O2. The van der Waals surface area contributed by atoms with Crippen molar-refractivity contribution in [3.05, 3.63) is 99.2 Å². The number of hydrogen-bond acceptors (Lipinski definition) is 5. The molecule has 6 heteroatoms. The Balaban J connectivity index is 1.29. The van der Waals surface area contributed by atoms with Crippen molar-refractivity contribution in [1.29, 1.82) is 0 Å². The highest BCUT2D eigenvalue weighted by atomic mass is 16.1. The lowest BCUT2D eigenvalue weighted by Gasteiger charge is -2.20. The summed E-state index contributed by atoms with van der Waals surface area (Å²) in [7, 11) is 1.78. The molecule has 2 aliphatic carbocycles. The van der Waals surface area contributed by atoms with E-state index in [-0.39, 0.29) is 29.2 Å². The van der Waals surface area contributed by atoms with Crippen molar-refractivity contribution in [2.24, 2.45) is 13.0 Å². The van der Waals surface area contributed by atoms with E-state index >= 15 is 0 Å². The van der Waals surface area contributed by atoms with Gasteiger partial charge in [-0.2, -0.15) is 0 Å². The minimum atomic E-state index is -0.0133. The Morgan fingerprint density at radius 3 is 2.46 bits per heavy atom. The number of aromatic nitrogens is 2. The predicted molar refractivity (Wildman–Crippen MR) is 157 cm³/mol. The number of hydrogen-bond donors (Lipinski definition) is 2. The molecule has 4 aromatic rings. The number of aryl methyl sites for hydroxylation is 3. The van der Waals surface area contributed by atoms with Crippen molar-refractivity contribution in [2.75, 3.05) is 11.1 Å². The maximum absolute atomic E-state index is 11.9. The highest BCUT2D eigenvalue weighted by Crippen LogP contribution is 2.48. The van der Waals surface area contributed by atoms with E-state index in [1.807, 2.05) is 30.6 Å². The summed E-state index contributed by atoms with van der Waals surface area (Å²) in [5.41, 5.74) is 18.8. The van der Waals surface area contributed by atoms with Crippen LogP contribution in [0, 0.1) is 19.8 Å². The average Bonchev–Trinajstić information content (AvgIpc) is 3.61. The maximum atomic E-state index is 11.9. The molecule has 0 aliphatic heterocycles. The molecule has 2 heterocycles. The van der Waals surface area contributed by atoms with Gasteiger partial charge in [-0.25, -0.2) is 0 Å². The fourth-order valence-electron chi connectivity index (χ4n) is 6.38. The van der Waals surface area contributed by atoms with Gasteiger partial charge in [-0.05, 0) is 103 Å². The Hall–Kier alpha value is -4.19. The summed E-state index contributed by atoms with van der Waals surface area (Å²) in [5.74, 6) is 0.664. The first-order valence-electron chi connectivity index (χ1n) is 13.6. The summed E-state index contributed by atoms with van der Waals surface area (Å²) in [5, 5.41) is 3.67. The summed E-state index contributed by atoms with van der Waals surface area (Å²) in [6.45, 7) is 5.98. The summed E-state index contributed by atoms with van der Waals surface area (Å²) in [6, 6.07) is 16.3. The molecule has 0 radical (unpaired) electrons. The van der Waals surface area contributed by atoms with E-state index in [2.05, 4.69) is 48.4 Å². The Morgan fingerprint density at radius 1 is 1.05 bits per heavy atom. The molecule has 0 spiro atoms. The number of pyridine rings is 2. The monoisotopic (exact) mass is 518 g/mol. The molecule has 198 valence electrons. The van der Waals surface area contributed by atoms with Crippen LogP contribution in [0.2, 0.25) is 0 Å². The van der Waals surface area contributed by atoms with Crippen LogP contribution in [0.4, 0.5) is 11.4 Å². The zero-order chi connectivity index (χ0) is 27.4. The van der Waals surface area contributed by atoms with Crippen LogP contribution in [0.1, 0.15) is 59.7 Å². The number of Topliss-reactive ketones (excluding diaryl/α,β-unsaturated/α-hetero) is 1. The molecule has 0 amide bonds. The highest BCUT2D eigenvalue weighted by Gasteiger charge is 2.42. The van der Waals surface area contributed by atoms with Gasteiger partial charge in [-0.1, -0.05) is 18.2 Å². The van der Waals surface area contributed by atoms with Gasteiger partial charge in [-0.15, -0.1) is 0 Å². The molecule has 3 N–H and O–H groups in total. The zero-order valence-electron chi connectivity index (χ0n) is 22.9. The van der Waals surface area contributed by atoms with E-state index in [1.54, 1.807) is 24.6 Å². The van der Waals surface area contributed by atoms with Crippen LogP contribution in [0.15, 0.2) is 65.7 Å². The second-order valence-corrected chi connectivity index (χ2v) is 11.2. The van der Waals surface area contributed by atoms with Crippen LogP contribution in [0.5, 0.6) is 0 Å². The number of ketones is 1. The first-order chi connectivity index (χ1) is 18.7. The van der Waals surface area contributed by atoms with Gasteiger partial charge in [0.15, 0.2) is 0 Å². The fourth-order valence-corrected chi connectivity index (χ4v) is 6.38. The van der Waals surface area contributed by atoms with Gasteiger partial charge in [0.25, 0.3) is 0 Å². The summed E-state index contributed by atoms with van der Waals surface area (Å²) in [6.07, 6.45) is 6.59. The van der Waals surface area contributed by atoms with E-state index in [0.717, 1.165) is 47.5 Å². The van der Waals surface area contributed by atoms with Crippen molar-refractivity contribution in [1.82, 2.24) is 9.55 Å². The third-order valence-electron chi connectivity index (χ3n) is 8.46. The number of nitrogens with zero attached hydrogens (tertiary/aromatic N) is 2. The quantitative estimate of drug-likeness (QED) is 0.301. The van der Waals surface area contributed by atoms with Gasteiger partial charge < -0.3 is 15.6 Å². The van der Waals surface area contributed by atoms with Crippen molar-refractivity contribution in [2.45, 2.75) is 52.0 Å². The minimum Gasteiger partial charge on any atom is -0.398 e. The second-order valence-electron chi connectivity index (χ2n) is 11.2. The molecule has 2 aromatic heterocycles. The van der Waals surface area contributed by atoms with Gasteiger partial charge in [0.2, 0.25) is 5.56 Å². The van der Waals surface area contributed by atoms with E-state index < -0.39 is 0 Å². The Morgan fingerprint density at radius 2 is 1.82 bits per heavy atom. The molecule has 6 rings (SSSR count). The number of rotatable bonds is 6. The number of nitrogens with one attached hydrogen (secondary N) is 1. The molecule has 0 saturated heterocycles. The number of anilines is 2. The number of carbonyl (C=O) groups is 1. The highest BCUT2D eigenvalue weighted by molar-refractivity contribution is 5.83. The van der Waals surface area contributed by atoms with Crippen LogP contribution in [-0.2, 0) is 18.3 Å². The molecule has 1 saturated carbocycles. The van der Waals surface area contributed by atoms with Crippen molar-refractivity contribution in [3.63, 3.8) is 0 Å². The van der Waals surface area contributed by atoms with Crippen molar-refractivity contribution >= 4 is 17.2 Å². The SMILES string of the molecule is CC(=O)[C@H]1C[C@@H]1c1ccc(N[C@@H]2CCc3c(-c4c(C)cc(-c5ccc(=O)n(C)c5)cc4C)ccc(N)c32)cn1. The van der Waals surface area contributed by atoms with Gasteiger partial charge in [0.05, 0.1) is 17.9 Å². The molecule has 3 atom stereocenters. The lowest BCUT2D eigenvalue weighted by Crippen LogP contribution is -2.13. The molecule has 6 nitrogen and oxygen atoms in total. The second kappa shape index (κ2) is 9.53. The summed E-state index contributed by atoms with van der Waals surface area (Å²) >= 11 is 0. The Labute approximate surface area is 228 Å². The van der Waals surface area contributed by atoms with Gasteiger partial charge in [-0.3, -0.25) is 14.6 Å². The van der Waals surface area contributed by atoms with Crippen LogP contribution < -0.4 is 16.6 Å². The molecule has 0 bridgehead atoms. The van der Waals surface area contributed by atoms with E-state index in [0.29, 0.717) is 0 Å². The average molecular weight is 519 g/mol. The lowest BCUT2D eigenvalue weighted by molar-refractivity contribution is -0.118. The fraction of sp³-hybridized carbons (Fsp3) is 0.303. The van der Waals surface area contributed by atoms with Gasteiger partial charge in [0, 0.05) is 48.1 Å².